The number of hydrogen-bond acceptors (Lipinski definition) is 4. The zero-order valence-electron chi connectivity index (χ0n) is 15.3. The lowest BCUT2D eigenvalue weighted by Gasteiger charge is -2.36. The molecule has 2 amide bonds. The maximum atomic E-state index is 12.8. The Morgan fingerprint density at radius 1 is 0.880 bits per heavy atom. The lowest BCUT2D eigenvalue weighted by molar-refractivity contribution is -0.137. The first-order chi connectivity index (χ1) is 12.2. The average Bonchev–Trinajstić information content (AvgIpc) is 3.35. The summed E-state index contributed by atoms with van der Waals surface area (Å²) in [5.41, 5.74) is 0.323. The van der Waals surface area contributed by atoms with Gasteiger partial charge in [0.2, 0.25) is 11.8 Å². The number of amides is 2. The first-order valence-electron chi connectivity index (χ1n) is 10.2. The van der Waals surface area contributed by atoms with Crippen molar-refractivity contribution in [3.63, 3.8) is 0 Å². The number of rotatable bonds is 3. The largest absolute Gasteiger partial charge is 0.342 e. The molecular formula is C19H32N4O2. The molecule has 3 heterocycles. The molecule has 1 aliphatic carbocycles. The van der Waals surface area contributed by atoms with Crippen molar-refractivity contribution in [2.24, 2.45) is 11.3 Å². The van der Waals surface area contributed by atoms with Crippen LogP contribution in [0.4, 0.5) is 0 Å². The van der Waals surface area contributed by atoms with E-state index >= 15 is 0 Å². The molecule has 1 saturated carbocycles. The highest BCUT2D eigenvalue weighted by Crippen LogP contribution is 2.59. The summed E-state index contributed by atoms with van der Waals surface area (Å²) in [6.45, 7) is 7.77. The topological polar surface area (TPSA) is 55.9 Å². The maximum absolute atomic E-state index is 12.8. The van der Waals surface area contributed by atoms with Gasteiger partial charge in [0, 0.05) is 45.2 Å². The van der Waals surface area contributed by atoms with Crippen molar-refractivity contribution in [1.29, 1.82) is 0 Å². The minimum absolute atomic E-state index is 0.273. The fourth-order valence-electron chi connectivity index (χ4n) is 4.96. The Hall–Kier alpha value is -1.14. The number of nitrogens with zero attached hydrogens (tertiary/aromatic N) is 3. The molecule has 140 valence electrons. The molecule has 0 bridgehead atoms. The van der Waals surface area contributed by atoms with Gasteiger partial charge in [-0.1, -0.05) is 0 Å². The standard InChI is InChI=1S/C19H32N4O2/c24-17(22-8-2-1-3-9-22)15-21-10-12-23(13-11-21)18(25)16-14-19(16)4-6-20-7-5-19/h16,20H,1-15H2. The van der Waals surface area contributed by atoms with Gasteiger partial charge in [0.15, 0.2) is 0 Å². The third-order valence-electron chi connectivity index (χ3n) is 6.84. The number of piperidine rings is 2. The maximum Gasteiger partial charge on any atom is 0.236 e. The third-order valence-corrected chi connectivity index (χ3v) is 6.84. The highest BCUT2D eigenvalue weighted by Gasteiger charge is 2.58. The monoisotopic (exact) mass is 348 g/mol. The molecule has 0 radical (unpaired) electrons. The molecule has 1 N–H and O–H groups in total. The molecule has 3 saturated heterocycles. The Morgan fingerprint density at radius 3 is 2.24 bits per heavy atom. The summed E-state index contributed by atoms with van der Waals surface area (Å²) in [5, 5.41) is 3.40. The van der Waals surface area contributed by atoms with Crippen LogP contribution in [0.1, 0.15) is 38.5 Å². The Bertz CT molecular complexity index is 504. The zero-order valence-corrected chi connectivity index (χ0v) is 15.3. The minimum atomic E-state index is 0.273. The number of carbonyl (C=O) groups is 2. The fraction of sp³-hybridized carbons (Fsp3) is 0.895. The van der Waals surface area contributed by atoms with E-state index in [0.717, 1.165) is 84.5 Å². The molecule has 4 fully saturated rings. The number of piperazine rings is 1. The van der Waals surface area contributed by atoms with Crippen LogP contribution in [0, 0.1) is 11.3 Å². The second-order valence-electron chi connectivity index (χ2n) is 8.41. The van der Waals surface area contributed by atoms with Crippen LogP contribution in [0.25, 0.3) is 0 Å². The van der Waals surface area contributed by atoms with Crippen molar-refractivity contribution in [3.05, 3.63) is 0 Å². The van der Waals surface area contributed by atoms with Crippen LogP contribution < -0.4 is 5.32 Å². The van der Waals surface area contributed by atoms with Gasteiger partial charge in [0.05, 0.1) is 6.54 Å². The molecule has 0 aromatic rings. The number of hydrogen-bond donors (Lipinski definition) is 1. The lowest BCUT2D eigenvalue weighted by Crippen LogP contribution is -2.52. The van der Waals surface area contributed by atoms with Gasteiger partial charge >= 0.3 is 0 Å². The van der Waals surface area contributed by atoms with Crippen LogP contribution in [0.5, 0.6) is 0 Å². The Labute approximate surface area is 150 Å². The summed E-state index contributed by atoms with van der Waals surface area (Å²) in [6, 6.07) is 0. The summed E-state index contributed by atoms with van der Waals surface area (Å²) >= 11 is 0. The van der Waals surface area contributed by atoms with Crippen LogP contribution in [0.15, 0.2) is 0 Å². The Balaban J connectivity index is 1.22. The third kappa shape index (κ3) is 3.70. The molecule has 0 aromatic carbocycles. The van der Waals surface area contributed by atoms with E-state index in [1.807, 2.05) is 4.90 Å². The molecule has 25 heavy (non-hydrogen) atoms. The van der Waals surface area contributed by atoms with Gasteiger partial charge in [0.1, 0.15) is 0 Å². The van der Waals surface area contributed by atoms with E-state index in [2.05, 4.69) is 15.1 Å². The Kier molecular flexibility index (Phi) is 5.00. The van der Waals surface area contributed by atoms with Crippen LogP contribution in [0.2, 0.25) is 0 Å². The molecule has 0 aromatic heterocycles. The highest BCUT2D eigenvalue weighted by molar-refractivity contribution is 5.83. The lowest BCUT2D eigenvalue weighted by atomic mass is 9.91. The van der Waals surface area contributed by atoms with Crippen molar-refractivity contribution in [3.8, 4) is 0 Å². The van der Waals surface area contributed by atoms with Gasteiger partial charge in [-0.2, -0.15) is 0 Å². The summed E-state index contributed by atoms with van der Waals surface area (Å²) in [6.07, 6.45) is 6.96. The van der Waals surface area contributed by atoms with Crippen LogP contribution in [0.3, 0.4) is 0 Å². The summed E-state index contributed by atoms with van der Waals surface area (Å²) in [4.78, 5) is 31.5. The molecule has 6 heteroatoms. The van der Waals surface area contributed by atoms with E-state index in [9.17, 15) is 9.59 Å². The minimum Gasteiger partial charge on any atom is -0.342 e. The number of likely N-dealkylation sites (tertiary alicyclic amines) is 1. The predicted octanol–water partition coefficient (Wildman–Crippen LogP) is 0.533. The predicted molar refractivity (Wildman–Crippen MR) is 96.1 cm³/mol. The van der Waals surface area contributed by atoms with Gasteiger partial charge in [0.25, 0.3) is 0 Å². The van der Waals surface area contributed by atoms with Crippen LogP contribution >= 0.6 is 0 Å². The van der Waals surface area contributed by atoms with Crippen molar-refractivity contribution >= 4 is 11.8 Å². The molecule has 1 atom stereocenters. The van der Waals surface area contributed by atoms with Gasteiger partial charge in [-0.05, 0) is 57.0 Å². The van der Waals surface area contributed by atoms with Gasteiger partial charge < -0.3 is 15.1 Å². The number of carbonyl (C=O) groups excluding carboxylic acids is 2. The summed E-state index contributed by atoms with van der Waals surface area (Å²) in [5.74, 6) is 0.926. The second-order valence-corrected chi connectivity index (χ2v) is 8.41. The van der Waals surface area contributed by atoms with E-state index < -0.39 is 0 Å². The molecular weight excluding hydrogens is 316 g/mol. The Morgan fingerprint density at radius 2 is 1.56 bits per heavy atom. The van der Waals surface area contributed by atoms with Crippen LogP contribution in [-0.4, -0.2) is 85.4 Å². The average molecular weight is 348 g/mol. The van der Waals surface area contributed by atoms with E-state index in [1.54, 1.807) is 0 Å². The van der Waals surface area contributed by atoms with E-state index in [-0.39, 0.29) is 11.8 Å². The SMILES string of the molecule is O=C(CN1CCN(C(=O)C2CC23CCNCC3)CC1)N1CCCCC1. The zero-order chi connectivity index (χ0) is 17.3. The van der Waals surface area contributed by atoms with Crippen molar-refractivity contribution in [2.75, 3.05) is 58.9 Å². The highest BCUT2D eigenvalue weighted by atomic mass is 16.2. The molecule has 4 rings (SSSR count). The quantitative estimate of drug-likeness (QED) is 0.809. The normalized spacial score (nSPS) is 29.7. The van der Waals surface area contributed by atoms with Gasteiger partial charge in [-0.25, -0.2) is 0 Å². The molecule has 1 unspecified atom stereocenters. The fourth-order valence-corrected chi connectivity index (χ4v) is 4.96. The summed E-state index contributed by atoms with van der Waals surface area (Å²) < 4.78 is 0. The second kappa shape index (κ2) is 7.23. The van der Waals surface area contributed by atoms with Crippen LogP contribution in [-0.2, 0) is 9.59 Å². The van der Waals surface area contributed by atoms with Crippen molar-refractivity contribution in [1.82, 2.24) is 20.0 Å². The van der Waals surface area contributed by atoms with Crippen molar-refractivity contribution in [2.45, 2.75) is 38.5 Å². The van der Waals surface area contributed by atoms with Gasteiger partial charge in [-0.15, -0.1) is 0 Å². The van der Waals surface area contributed by atoms with E-state index in [1.165, 1.54) is 6.42 Å². The first-order valence-corrected chi connectivity index (χ1v) is 10.2. The first kappa shape index (κ1) is 17.3. The van der Waals surface area contributed by atoms with E-state index in [0.29, 0.717) is 17.9 Å². The smallest absolute Gasteiger partial charge is 0.236 e. The van der Waals surface area contributed by atoms with Crippen molar-refractivity contribution < 1.29 is 9.59 Å². The molecule has 4 aliphatic rings. The summed E-state index contributed by atoms with van der Waals surface area (Å²) in [7, 11) is 0. The number of nitrogens with one attached hydrogen (secondary N) is 1. The van der Waals surface area contributed by atoms with Gasteiger partial charge in [-0.3, -0.25) is 14.5 Å². The molecule has 6 nitrogen and oxygen atoms in total. The molecule has 1 spiro atoms. The van der Waals surface area contributed by atoms with E-state index in [4.69, 9.17) is 0 Å². The molecule has 3 aliphatic heterocycles.